The molecule has 1 aliphatic rings. The van der Waals surface area contributed by atoms with Crippen LogP contribution in [-0.2, 0) is 42.9 Å². The maximum absolute atomic E-state index is 14.1. The molecule has 21 heteroatoms. The Bertz CT molecular complexity index is 1400. The number of hydrogen-bond acceptors (Lipinski definition) is 18. The van der Waals surface area contributed by atoms with Gasteiger partial charge in [0.25, 0.3) is 11.8 Å². The summed E-state index contributed by atoms with van der Waals surface area (Å²) in [5.74, 6) is -4.48. The van der Waals surface area contributed by atoms with Gasteiger partial charge in [-0.15, -0.1) is 0 Å². The summed E-state index contributed by atoms with van der Waals surface area (Å²) in [6.45, 7) is 7.31. The van der Waals surface area contributed by atoms with E-state index in [0.29, 0.717) is 19.3 Å². The lowest BCUT2D eigenvalue weighted by Gasteiger charge is -2.42. The first-order valence-electron chi connectivity index (χ1n) is 21.8. The number of unbranched alkanes of at least 4 members (excludes halogenated alkanes) is 8. The quantitative estimate of drug-likeness (QED) is 0.0189. The number of hydrogen-bond donors (Lipinski definition) is 11. The van der Waals surface area contributed by atoms with E-state index in [9.17, 15) is 64.8 Å². The highest BCUT2D eigenvalue weighted by atomic mass is 16.7. The van der Waals surface area contributed by atoms with Crippen molar-refractivity contribution in [3.63, 3.8) is 0 Å². The molecule has 0 aromatic rings. The lowest BCUT2D eigenvalue weighted by molar-refractivity contribution is -0.326. The van der Waals surface area contributed by atoms with Gasteiger partial charge in [0.2, 0.25) is 12.0 Å². The van der Waals surface area contributed by atoms with Crippen LogP contribution < -0.4 is 10.6 Å². The summed E-state index contributed by atoms with van der Waals surface area (Å²) in [7, 11) is 0. The summed E-state index contributed by atoms with van der Waals surface area (Å²) >= 11 is 0. The van der Waals surface area contributed by atoms with Gasteiger partial charge in [0.05, 0.1) is 19.8 Å². The van der Waals surface area contributed by atoms with Crippen molar-refractivity contribution in [3.05, 3.63) is 24.3 Å². The molecule has 1 saturated heterocycles. The van der Waals surface area contributed by atoms with E-state index in [0.717, 1.165) is 56.3 Å². The molecule has 1 heterocycles. The largest absolute Gasteiger partial charge is 0.458 e. The Kier molecular flexibility index (Phi) is 29.3. The molecule has 1 aliphatic heterocycles. The van der Waals surface area contributed by atoms with Crippen molar-refractivity contribution in [1.29, 1.82) is 0 Å². The van der Waals surface area contributed by atoms with Crippen LogP contribution in [0.4, 0.5) is 0 Å². The number of esters is 2. The van der Waals surface area contributed by atoms with Gasteiger partial charge in [-0.25, -0.2) is 9.59 Å². The Morgan fingerprint density at radius 2 is 1.29 bits per heavy atom. The molecule has 63 heavy (non-hydrogen) atoms. The van der Waals surface area contributed by atoms with Gasteiger partial charge in [-0.2, -0.15) is 0 Å². The molecule has 0 aliphatic carbocycles. The van der Waals surface area contributed by atoms with Crippen molar-refractivity contribution >= 4 is 29.7 Å². The highest BCUT2D eigenvalue weighted by Crippen LogP contribution is 2.25. The number of aliphatic hydroxyl groups excluding tert-OH is 9. The molecule has 0 saturated carbocycles. The van der Waals surface area contributed by atoms with Gasteiger partial charge in [0.1, 0.15) is 49.3 Å². The van der Waals surface area contributed by atoms with Gasteiger partial charge >= 0.3 is 11.9 Å². The lowest BCUT2D eigenvalue weighted by Crippen LogP contribution is -2.62. The zero-order valence-corrected chi connectivity index (χ0v) is 36.7. The number of nitrogens with zero attached hydrogens (tertiary/aromatic N) is 1. The third kappa shape index (κ3) is 20.8. The normalized spacial score (nSPS) is 21.0. The monoisotopic (exact) mass is 907 g/mol. The highest BCUT2D eigenvalue weighted by molar-refractivity contribution is 5.92. The predicted octanol–water partition coefficient (Wildman–Crippen LogP) is -2.02. The lowest BCUT2D eigenvalue weighted by atomic mass is 9.98. The molecule has 21 nitrogen and oxygen atoms in total. The minimum Gasteiger partial charge on any atom is -0.458 e. The van der Waals surface area contributed by atoms with Crippen molar-refractivity contribution in [1.82, 2.24) is 15.5 Å². The van der Waals surface area contributed by atoms with E-state index in [-0.39, 0.29) is 37.1 Å². The fraction of sp³-hybridized carbons (Fsp3) is 0.786. The topological polar surface area (TPSA) is 332 Å². The van der Waals surface area contributed by atoms with Crippen LogP contribution in [0.15, 0.2) is 24.3 Å². The third-order valence-corrected chi connectivity index (χ3v) is 10.3. The van der Waals surface area contributed by atoms with E-state index in [1.54, 1.807) is 0 Å². The van der Waals surface area contributed by atoms with E-state index < -0.39 is 130 Å². The Balaban J connectivity index is 3.24. The number of aliphatic hydroxyl groups is 9. The Morgan fingerprint density at radius 1 is 0.730 bits per heavy atom. The Morgan fingerprint density at radius 3 is 1.83 bits per heavy atom. The van der Waals surface area contributed by atoms with Crippen LogP contribution >= 0.6 is 0 Å². The third-order valence-electron chi connectivity index (χ3n) is 10.3. The van der Waals surface area contributed by atoms with Gasteiger partial charge in [0.15, 0.2) is 12.4 Å². The van der Waals surface area contributed by atoms with Crippen LogP contribution in [0.2, 0.25) is 0 Å². The number of nitrogens with one attached hydrogen (secondary N) is 2. The summed E-state index contributed by atoms with van der Waals surface area (Å²) < 4.78 is 21.5. The molecule has 10 atom stereocenters. The number of carbonyl (C=O) groups excluding carboxylic acids is 5. The van der Waals surface area contributed by atoms with Gasteiger partial charge in [-0.1, -0.05) is 78.4 Å². The number of carbonyl (C=O) groups is 5. The second-order valence-corrected chi connectivity index (χ2v) is 15.5. The van der Waals surface area contributed by atoms with Crippen molar-refractivity contribution in [3.8, 4) is 0 Å². The zero-order chi connectivity index (χ0) is 47.5. The van der Waals surface area contributed by atoms with Gasteiger partial charge in [0, 0.05) is 43.7 Å². The van der Waals surface area contributed by atoms with Crippen molar-refractivity contribution in [2.45, 2.75) is 159 Å². The first-order valence-corrected chi connectivity index (χ1v) is 21.8. The smallest absolute Gasteiger partial charge is 0.334 e. The fourth-order valence-electron chi connectivity index (χ4n) is 6.36. The first-order chi connectivity index (χ1) is 30.0. The molecule has 1 rings (SSSR count). The number of rotatable bonds is 34. The Hall–Kier alpha value is -3.61. The minimum atomic E-state index is -2.41. The molecular weight excluding hydrogens is 834 g/mol. The van der Waals surface area contributed by atoms with E-state index >= 15 is 0 Å². The first kappa shape index (κ1) is 57.4. The molecule has 0 aromatic heterocycles. The second-order valence-electron chi connectivity index (χ2n) is 15.5. The highest BCUT2D eigenvalue weighted by Gasteiger charge is 2.47. The maximum atomic E-state index is 14.1. The second kappa shape index (κ2) is 32.1. The van der Waals surface area contributed by atoms with Crippen LogP contribution in [0.5, 0.6) is 0 Å². The molecular formula is C42H73N3O18. The molecule has 0 spiro atoms. The summed E-state index contributed by atoms with van der Waals surface area (Å²) in [6.07, 6.45) is -10.2. The van der Waals surface area contributed by atoms with E-state index in [1.807, 2.05) is 0 Å². The molecule has 11 N–H and O–H groups in total. The van der Waals surface area contributed by atoms with Crippen LogP contribution in [0.1, 0.15) is 97.3 Å². The Labute approximate surface area is 369 Å². The van der Waals surface area contributed by atoms with Gasteiger partial charge in [-0.05, 0) is 25.7 Å². The van der Waals surface area contributed by atoms with Crippen molar-refractivity contribution in [2.24, 2.45) is 0 Å². The SMILES string of the molecule is C=C(CCCCCCC)C(=O)OCC(OC(=O)C(=C)CCCCCCC)C(=O)N(CCNC(=O)CCO)CCNC(=O)C(O)C(O)C(O[C@@H]1OC(CO)[C@H](O)[C@H](O)C1O)C(O)CO. The van der Waals surface area contributed by atoms with E-state index in [2.05, 4.69) is 37.6 Å². The summed E-state index contributed by atoms with van der Waals surface area (Å²) in [6, 6.07) is 0. The fourth-order valence-corrected chi connectivity index (χ4v) is 6.36. The molecule has 3 amide bonds. The summed E-state index contributed by atoms with van der Waals surface area (Å²) in [5, 5.41) is 95.6. The summed E-state index contributed by atoms with van der Waals surface area (Å²) in [4.78, 5) is 66.5. The number of amides is 3. The zero-order valence-electron chi connectivity index (χ0n) is 36.7. The van der Waals surface area contributed by atoms with Crippen LogP contribution in [0.25, 0.3) is 0 Å². The summed E-state index contributed by atoms with van der Waals surface area (Å²) in [5.41, 5.74) is 0.231. The van der Waals surface area contributed by atoms with Crippen LogP contribution in [0, 0.1) is 0 Å². The molecule has 7 unspecified atom stereocenters. The molecule has 1 fully saturated rings. The maximum Gasteiger partial charge on any atom is 0.334 e. The van der Waals surface area contributed by atoms with Crippen molar-refractivity contribution in [2.75, 3.05) is 52.6 Å². The molecule has 364 valence electrons. The van der Waals surface area contributed by atoms with Crippen molar-refractivity contribution < 1.29 is 88.9 Å². The standard InChI is InChI=1S/C42H73N3O18/c1-5-7-9-11-13-15-26(3)40(58)60-25-30(61-41(59)27(4)16-14-12-10-8-6-2)39(57)45(20-18-43-31(50)17-22-46)21-19-44-38(56)35(54)34(53)37(28(49)23-47)63-42-36(55)33(52)32(51)29(24-48)62-42/h28-30,32-37,42,46-49,51-55H,3-25H2,1-2H3,(H,43,50)(H,44,56)/t28?,29?,30?,32-,33-,34?,35?,36?,37?,42-/m0/s1. The average Bonchev–Trinajstić information content (AvgIpc) is 3.27. The van der Waals surface area contributed by atoms with Crippen LogP contribution in [0.3, 0.4) is 0 Å². The van der Waals surface area contributed by atoms with E-state index in [4.69, 9.17) is 24.1 Å². The minimum absolute atomic E-state index is 0.0786. The number of ether oxygens (including phenoxy) is 4. The van der Waals surface area contributed by atoms with Gasteiger partial charge < -0.3 is 80.4 Å². The average molecular weight is 908 g/mol. The van der Waals surface area contributed by atoms with Crippen LogP contribution in [-0.4, -0.2) is 194 Å². The van der Waals surface area contributed by atoms with Gasteiger partial charge in [-0.3, -0.25) is 14.4 Å². The van der Waals surface area contributed by atoms with E-state index in [1.165, 1.54) is 0 Å². The molecule has 0 bridgehead atoms. The predicted molar refractivity (Wildman–Crippen MR) is 224 cm³/mol. The molecule has 0 radical (unpaired) electrons. The molecule has 0 aromatic carbocycles.